The number of carboxylic acids is 1. The van der Waals surface area contributed by atoms with Crippen LogP contribution in [0.5, 0.6) is 0 Å². The van der Waals surface area contributed by atoms with E-state index in [0.717, 1.165) is 16.2 Å². The molecule has 0 aromatic carbocycles. The summed E-state index contributed by atoms with van der Waals surface area (Å²) >= 11 is 2.37. The molecule has 2 atom stereocenters. The molecule has 1 fully saturated rings. The number of nitrogens with zero attached hydrogens (tertiary/aromatic N) is 3. The number of anilines is 1. The third-order valence-corrected chi connectivity index (χ3v) is 6.05. The summed E-state index contributed by atoms with van der Waals surface area (Å²) in [6.45, 7) is 5.16. The van der Waals surface area contributed by atoms with Gasteiger partial charge in [-0.25, -0.2) is 14.6 Å². The molecule has 12 nitrogen and oxygen atoms in total. The molecular formula is C18H21N5O7S2. The Labute approximate surface area is 191 Å². The lowest BCUT2D eigenvalue weighted by molar-refractivity contribution is -0.150. The molecule has 3 heterocycles. The minimum absolute atomic E-state index is 0.104. The highest BCUT2D eigenvalue weighted by Crippen LogP contribution is 2.37. The molecule has 0 aliphatic carbocycles. The number of aromatic nitrogens is 1. The Morgan fingerprint density at radius 3 is 2.69 bits per heavy atom. The van der Waals surface area contributed by atoms with Crippen LogP contribution in [-0.4, -0.2) is 74.5 Å². The average molecular weight is 484 g/mol. The number of thiazole rings is 1. The number of thioether (sulfide) groups is 1. The van der Waals surface area contributed by atoms with Gasteiger partial charge in [-0.15, -0.1) is 23.1 Å². The molecule has 0 radical (unpaired) electrons. The first-order valence-electron chi connectivity index (χ1n) is 9.28. The van der Waals surface area contributed by atoms with Crippen molar-refractivity contribution >= 4 is 57.8 Å². The number of fused-ring (bicyclic) bond motifs is 1. The van der Waals surface area contributed by atoms with Crippen LogP contribution >= 0.6 is 23.1 Å². The number of carbonyl (C=O) groups excluding carboxylic acids is 3. The number of β-lactam (4-membered cyclic amide) rings is 1. The van der Waals surface area contributed by atoms with Crippen molar-refractivity contribution in [3.8, 4) is 0 Å². The van der Waals surface area contributed by atoms with Gasteiger partial charge in [0.1, 0.15) is 35.5 Å². The number of hydrogen-bond donors (Lipinski definition) is 3. The number of rotatable bonds is 6. The first-order chi connectivity index (χ1) is 15.0. The summed E-state index contributed by atoms with van der Waals surface area (Å²) in [4.78, 5) is 58.5. The molecule has 1 aromatic rings. The van der Waals surface area contributed by atoms with Crippen LogP contribution in [0.2, 0.25) is 0 Å². The van der Waals surface area contributed by atoms with E-state index in [1.165, 1.54) is 30.3 Å². The first-order valence-corrected chi connectivity index (χ1v) is 11.2. The Balaban J connectivity index is 1.69. The number of carboxylic acid groups (broad SMARTS) is 1. The quantitative estimate of drug-likeness (QED) is 0.307. The predicted molar refractivity (Wildman–Crippen MR) is 116 cm³/mol. The van der Waals surface area contributed by atoms with Crippen LogP contribution in [-0.2, 0) is 24.0 Å². The van der Waals surface area contributed by atoms with Gasteiger partial charge in [0.15, 0.2) is 10.8 Å². The lowest BCUT2D eigenvalue weighted by Gasteiger charge is -2.48. The molecule has 2 aliphatic heterocycles. The molecular weight excluding hydrogens is 462 g/mol. The van der Waals surface area contributed by atoms with Crippen molar-refractivity contribution in [1.29, 1.82) is 0 Å². The molecule has 3 amide bonds. The van der Waals surface area contributed by atoms with Crippen LogP contribution in [0.15, 0.2) is 22.3 Å². The van der Waals surface area contributed by atoms with E-state index >= 15 is 0 Å². The van der Waals surface area contributed by atoms with Gasteiger partial charge in [0.25, 0.3) is 11.8 Å². The van der Waals surface area contributed by atoms with E-state index in [1.54, 1.807) is 20.8 Å². The molecule has 172 valence electrons. The molecule has 0 spiro atoms. The topological polar surface area (TPSA) is 160 Å². The number of nitrogens with one attached hydrogen (secondary N) is 2. The van der Waals surface area contributed by atoms with Crippen LogP contribution < -0.4 is 10.6 Å². The van der Waals surface area contributed by atoms with Crippen LogP contribution in [0.3, 0.4) is 0 Å². The second-order valence-corrected chi connectivity index (χ2v) is 9.57. The molecule has 0 bridgehead atoms. The maximum absolute atomic E-state index is 12.8. The largest absolute Gasteiger partial charge is 0.477 e. The van der Waals surface area contributed by atoms with Crippen LogP contribution in [0.25, 0.3) is 0 Å². The fourth-order valence-electron chi connectivity index (χ4n) is 2.87. The van der Waals surface area contributed by atoms with Crippen molar-refractivity contribution in [3.63, 3.8) is 0 Å². The summed E-state index contributed by atoms with van der Waals surface area (Å²) in [7, 11) is 1.25. The molecule has 2 aliphatic rings. The summed E-state index contributed by atoms with van der Waals surface area (Å²) in [5.41, 5.74) is -0.885. The van der Waals surface area contributed by atoms with Gasteiger partial charge in [-0.3, -0.25) is 19.8 Å². The van der Waals surface area contributed by atoms with Crippen molar-refractivity contribution < 1.29 is 33.9 Å². The minimum atomic E-state index is -1.21. The fourth-order valence-corrected chi connectivity index (χ4v) is 4.75. The van der Waals surface area contributed by atoms with Gasteiger partial charge in [-0.2, -0.15) is 0 Å². The van der Waals surface area contributed by atoms with E-state index in [4.69, 9.17) is 9.57 Å². The van der Waals surface area contributed by atoms with E-state index in [0.29, 0.717) is 5.75 Å². The van der Waals surface area contributed by atoms with Crippen molar-refractivity contribution in [2.24, 2.45) is 5.16 Å². The SMILES string of the molecule is CON=C(C(=O)N[C@@H]1C(=O)N2C(C(=O)O)=CCS[C@@H]12)c1csc(NC(=O)OC(C)(C)C)n1. The highest BCUT2D eigenvalue weighted by Gasteiger charge is 2.53. The second kappa shape index (κ2) is 9.16. The Bertz CT molecular complexity index is 1010. The van der Waals surface area contributed by atoms with Gasteiger partial charge in [0.05, 0.1) is 0 Å². The van der Waals surface area contributed by atoms with Crippen molar-refractivity contribution in [2.75, 3.05) is 18.2 Å². The zero-order valence-corrected chi connectivity index (χ0v) is 19.2. The molecule has 3 rings (SSSR count). The Morgan fingerprint density at radius 1 is 1.34 bits per heavy atom. The lowest BCUT2D eigenvalue weighted by Crippen LogP contribution is -2.70. The third-order valence-electron chi connectivity index (χ3n) is 4.10. The average Bonchev–Trinajstić information content (AvgIpc) is 3.15. The Kier molecular flexibility index (Phi) is 6.74. The number of ether oxygens (including phenoxy) is 1. The lowest BCUT2D eigenvalue weighted by atomic mass is 10.0. The minimum Gasteiger partial charge on any atom is -0.477 e. The molecule has 32 heavy (non-hydrogen) atoms. The maximum atomic E-state index is 12.8. The summed E-state index contributed by atoms with van der Waals surface area (Å²) in [5.74, 6) is -2.08. The zero-order valence-electron chi connectivity index (χ0n) is 17.6. The standard InChI is InChI=1S/C18H21N5O7S2/c1-18(2,3)30-17(28)21-16-19-8(7-32-16)10(22-29-4)12(24)20-11-13(25)23-9(15(26)27)5-6-31-14(11)23/h5,7,11,14H,6H2,1-4H3,(H,20,24)(H,26,27)(H,19,21,28)/t11-,14+/m1/s1. The normalized spacial score (nSPS) is 20.5. The fraction of sp³-hybridized carbons (Fsp3) is 0.444. The summed E-state index contributed by atoms with van der Waals surface area (Å²) in [6.07, 6.45) is 0.746. The van der Waals surface area contributed by atoms with Crippen molar-refractivity contribution in [3.05, 3.63) is 22.8 Å². The van der Waals surface area contributed by atoms with Gasteiger partial charge in [0, 0.05) is 11.1 Å². The summed E-state index contributed by atoms with van der Waals surface area (Å²) in [6, 6.07) is -0.921. The Morgan fingerprint density at radius 2 is 2.06 bits per heavy atom. The second-order valence-electron chi connectivity index (χ2n) is 7.57. The number of aliphatic carboxylic acids is 1. The Hall–Kier alpha value is -3.13. The van der Waals surface area contributed by atoms with E-state index in [1.807, 2.05) is 0 Å². The maximum Gasteiger partial charge on any atom is 0.413 e. The molecule has 0 unspecified atom stereocenters. The summed E-state index contributed by atoms with van der Waals surface area (Å²) < 4.78 is 5.16. The molecule has 1 saturated heterocycles. The zero-order chi connectivity index (χ0) is 23.6. The van der Waals surface area contributed by atoms with Crippen LogP contribution in [0, 0.1) is 0 Å². The van der Waals surface area contributed by atoms with Crippen molar-refractivity contribution in [2.45, 2.75) is 37.8 Å². The van der Waals surface area contributed by atoms with Gasteiger partial charge in [0.2, 0.25) is 0 Å². The highest BCUT2D eigenvalue weighted by atomic mass is 32.2. The van der Waals surface area contributed by atoms with E-state index < -0.39 is 40.9 Å². The van der Waals surface area contributed by atoms with Gasteiger partial charge < -0.3 is 20.0 Å². The number of carbonyl (C=O) groups is 4. The van der Waals surface area contributed by atoms with Crippen molar-refractivity contribution in [1.82, 2.24) is 15.2 Å². The molecule has 1 aromatic heterocycles. The smallest absolute Gasteiger partial charge is 0.413 e. The van der Waals surface area contributed by atoms with Crippen LogP contribution in [0.1, 0.15) is 26.5 Å². The molecule has 14 heteroatoms. The third kappa shape index (κ3) is 5.02. The monoisotopic (exact) mass is 483 g/mol. The van der Waals surface area contributed by atoms with Gasteiger partial charge in [-0.1, -0.05) is 5.16 Å². The van der Waals surface area contributed by atoms with Gasteiger partial charge in [-0.05, 0) is 26.8 Å². The highest BCUT2D eigenvalue weighted by molar-refractivity contribution is 8.00. The number of hydrogen-bond acceptors (Lipinski definition) is 10. The number of amides is 3. The summed E-state index contributed by atoms with van der Waals surface area (Å²) in [5, 5.41) is 19.1. The number of oxime groups is 1. The first kappa shape index (κ1) is 23.5. The predicted octanol–water partition coefficient (Wildman–Crippen LogP) is 1.21. The van der Waals surface area contributed by atoms with E-state index in [9.17, 15) is 24.3 Å². The van der Waals surface area contributed by atoms with E-state index in [-0.39, 0.29) is 22.2 Å². The molecule has 0 saturated carbocycles. The van der Waals surface area contributed by atoms with Gasteiger partial charge >= 0.3 is 12.1 Å². The van der Waals surface area contributed by atoms with E-state index in [2.05, 4.69) is 20.8 Å². The van der Waals surface area contributed by atoms with Crippen LogP contribution in [0.4, 0.5) is 9.93 Å². The molecule has 3 N–H and O–H groups in total.